The van der Waals surface area contributed by atoms with Crippen LogP contribution in [-0.2, 0) is 9.53 Å². The van der Waals surface area contributed by atoms with Gasteiger partial charge in [0.15, 0.2) is 0 Å². The van der Waals surface area contributed by atoms with E-state index in [9.17, 15) is 9.90 Å². The molecule has 0 radical (unpaired) electrons. The second-order valence-electron chi connectivity index (χ2n) is 4.80. The number of esters is 1. The van der Waals surface area contributed by atoms with Gasteiger partial charge in [-0.3, -0.25) is 0 Å². The average molecular weight is 240 g/mol. The van der Waals surface area contributed by atoms with Crippen LogP contribution in [0.25, 0.3) is 0 Å². The van der Waals surface area contributed by atoms with Crippen LogP contribution in [0.3, 0.4) is 0 Å². The van der Waals surface area contributed by atoms with Gasteiger partial charge in [0.1, 0.15) is 6.10 Å². The molecule has 1 N–H and O–H groups in total. The highest BCUT2D eigenvalue weighted by atomic mass is 16.5. The Kier molecular flexibility index (Phi) is 6.27. The number of rotatable bonds is 8. The fraction of sp³-hybridized carbons (Fsp3) is 0.786. The van der Waals surface area contributed by atoms with Crippen molar-refractivity contribution in [1.82, 2.24) is 0 Å². The maximum absolute atomic E-state index is 11.3. The van der Waals surface area contributed by atoms with E-state index in [1.807, 2.05) is 6.92 Å². The van der Waals surface area contributed by atoms with Crippen LogP contribution in [0.1, 0.15) is 58.8 Å². The van der Waals surface area contributed by atoms with Crippen LogP contribution in [0.15, 0.2) is 11.6 Å². The Morgan fingerprint density at radius 3 is 2.53 bits per heavy atom. The lowest BCUT2D eigenvalue weighted by Crippen LogP contribution is -2.16. The van der Waals surface area contributed by atoms with Crippen molar-refractivity contribution in [2.75, 3.05) is 0 Å². The van der Waals surface area contributed by atoms with Gasteiger partial charge >= 0.3 is 5.97 Å². The predicted octanol–water partition coefficient (Wildman–Crippen LogP) is 2.97. The number of carbonyl (C=O) groups is 1. The predicted molar refractivity (Wildman–Crippen MR) is 67.6 cm³/mol. The zero-order valence-corrected chi connectivity index (χ0v) is 10.9. The van der Waals surface area contributed by atoms with Gasteiger partial charge in [0.05, 0.1) is 11.7 Å². The number of carbonyl (C=O) groups excluding carboxylic acids is 1. The molecule has 1 heterocycles. The Bertz CT molecular complexity index is 271. The van der Waals surface area contributed by atoms with Gasteiger partial charge in [-0.2, -0.15) is 0 Å². The molecule has 0 aromatic rings. The Hall–Kier alpha value is -0.830. The molecule has 17 heavy (non-hydrogen) atoms. The van der Waals surface area contributed by atoms with Gasteiger partial charge in [-0.25, -0.2) is 4.79 Å². The zero-order chi connectivity index (χ0) is 12.7. The molecule has 0 aromatic heterocycles. The minimum Gasteiger partial charge on any atom is -0.455 e. The number of unbranched alkanes of at least 4 members (excludes halogenated alkanes) is 5. The van der Waals surface area contributed by atoms with Crippen molar-refractivity contribution < 1.29 is 14.6 Å². The van der Waals surface area contributed by atoms with E-state index in [2.05, 4.69) is 6.92 Å². The van der Waals surface area contributed by atoms with Gasteiger partial charge in [-0.1, -0.05) is 45.4 Å². The molecule has 0 bridgehead atoms. The van der Waals surface area contributed by atoms with Crippen molar-refractivity contribution >= 4 is 5.97 Å². The van der Waals surface area contributed by atoms with Crippen molar-refractivity contribution in [1.29, 1.82) is 0 Å². The Labute approximate surface area is 104 Å². The van der Waals surface area contributed by atoms with Crippen molar-refractivity contribution in [3.05, 3.63) is 11.6 Å². The summed E-state index contributed by atoms with van der Waals surface area (Å²) in [5, 5.41) is 9.87. The van der Waals surface area contributed by atoms with Crippen LogP contribution < -0.4 is 0 Å². The van der Waals surface area contributed by atoms with Crippen LogP contribution in [0, 0.1) is 0 Å². The molecule has 1 aliphatic rings. The molecular weight excluding hydrogens is 216 g/mol. The summed E-state index contributed by atoms with van der Waals surface area (Å²) >= 11 is 0. The molecular formula is C14H24O3. The minimum absolute atomic E-state index is 0.184. The van der Waals surface area contributed by atoms with Gasteiger partial charge < -0.3 is 9.84 Å². The summed E-state index contributed by atoms with van der Waals surface area (Å²) in [5.74, 6) is -0.351. The van der Waals surface area contributed by atoms with Gasteiger partial charge in [0.2, 0.25) is 0 Å². The van der Waals surface area contributed by atoms with E-state index < -0.39 is 6.10 Å². The number of hydrogen-bond acceptors (Lipinski definition) is 3. The first-order chi connectivity index (χ1) is 8.15. The Morgan fingerprint density at radius 1 is 1.29 bits per heavy atom. The average Bonchev–Trinajstić information content (AvgIpc) is 2.62. The molecule has 98 valence electrons. The summed E-state index contributed by atoms with van der Waals surface area (Å²) in [4.78, 5) is 11.3. The van der Waals surface area contributed by atoms with E-state index >= 15 is 0 Å². The minimum atomic E-state index is -0.640. The summed E-state index contributed by atoms with van der Waals surface area (Å²) in [6, 6.07) is 0. The first kappa shape index (κ1) is 14.2. The lowest BCUT2D eigenvalue weighted by molar-refractivity contribution is -0.139. The van der Waals surface area contributed by atoms with E-state index in [1.165, 1.54) is 25.7 Å². The smallest absolute Gasteiger partial charge is 0.337 e. The monoisotopic (exact) mass is 240 g/mol. The molecule has 0 unspecified atom stereocenters. The fourth-order valence-electron chi connectivity index (χ4n) is 2.11. The van der Waals surface area contributed by atoms with Crippen LogP contribution in [0.2, 0.25) is 0 Å². The SMILES string of the molecule is CCCCCCCC[C@@H](O)C1=C[C@@H](C)OC1=O. The molecule has 0 aliphatic carbocycles. The summed E-state index contributed by atoms with van der Waals surface area (Å²) in [6.45, 7) is 4.01. The molecule has 3 nitrogen and oxygen atoms in total. The van der Waals surface area contributed by atoms with Gasteiger partial charge in [-0.05, 0) is 19.4 Å². The first-order valence-corrected chi connectivity index (χ1v) is 6.76. The molecule has 0 amide bonds. The highest BCUT2D eigenvalue weighted by Crippen LogP contribution is 2.20. The van der Waals surface area contributed by atoms with Crippen molar-refractivity contribution in [3.8, 4) is 0 Å². The number of cyclic esters (lactones) is 1. The fourth-order valence-corrected chi connectivity index (χ4v) is 2.11. The van der Waals surface area contributed by atoms with E-state index in [-0.39, 0.29) is 12.1 Å². The summed E-state index contributed by atoms with van der Waals surface area (Å²) < 4.78 is 4.96. The van der Waals surface area contributed by atoms with Gasteiger partial charge in [0, 0.05) is 0 Å². The van der Waals surface area contributed by atoms with Gasteiger partial charge in [0.25, 0.3) is 0 Å². The third kappa shape index (κ3) is 4.90. The highest BCUT2D eigenvalue weighted by molar-refractivity contribution is 5.91. The summed E-state index contributed by atoms with van der Waals surface area (Å²) in [6.07, 6.45) is 8.71. The zero-order valence-electron chi connectivity index (χ0n) is 10.9. The van der Waals surface area contributed by atoms with Crippen molar-refractivity contribution in [3.63, 3.8) is 0 Å². The number of ether oxygens (including phenoxy) is 1. The maximum atomic E-state index is 11.3. The topological polar surface area (TPSA) is 46.5 Å². The molecule has 0 saturated carbocycles. The van der Waals surface area contributed by atoms with E-state index in [4.69, 9.17) is 4.74 Å². The first-order valence-electron chi connectivity index (χ1n) is 6.76. The second-order valence-corrected chi connectivity index (χ2v) is 4.80. The molecule has 0 saturated heterocycles. The molecule has 1 aliphatic heterocycles. The van der Waals surface area contributed by atoms with E-state index in [0.717, 1.165) is 12.8 Å². The van der Waals surface area contributed by atoms with Crippen LogP contribution >= 0.6 is 0 Å². The Morgan fingerprint density at radius 2 is 1.94 bits per heavy atom. The second kappa shape index (κ2) is 7.49. The number of hydrogen-bond donors (Lipinski definition) is 1. The normalized spacial score (nSPS) is 21.2. The lowest BCUT2D eigenvalue weighted by Gasteiger charge is -2.09. The third-order valence-corrected chi connectivity index (χ3v) is 3.13. The lowest BCUT2D eigenvalue weighted by atomic mass is 10.0. The van der Waals surface area contributed by atoms with Crippen LogP contribution in [-0.4, -0.2) is 23.3 Å². The third-order valence-electron chi connectivity index (χ3n) is 3.13. The van der Waals surface area contributed by atoms with E-state index in [1.54, 1.807) is 6.08 Å². The molecule has 0 aromatic carbocycles. The molecule has 0 fully saturated rings. The van der Waals surface area contributed by atoms with Crippen LogP contribution in [0.4, 0.5) is 0 Å². The quantitative estimate of drug-likeness (QED) is 0.524. The standard InChI is InChI=1S/C14H24O3/c1-3-4-5-6-7-8-9-13(15)12-10-11(2)17-14(12)16/h10-11,13,15H,3-9H2,1-2H3/t11-,13-/m1/s1. The molecule has 3 heteroatoms. The molecule has 1 rings (SSSR count). The highest BCUT2D eigenvalue weighted by Gasteiger charge is 2.27. The number of aliphatic hydroxyl groups is 1. The largest absolute Gasteiger partial charge is 0.455 e. The van der Waals surface area contributed by atoms with Gasteiger partial charge in [-0.15, -0.1) is 0 Å². The maximum Gasteiger partial charge on any atom is 0.337 e. The van der Waals surface area contributed by atoms with Crippen LogP contribution in [0.5, 0.6) is 0 Å². The summed E-state index contributed by atoms with van der Waals surface area (Å²) in [7, 11) is 0. The number of aliphatic hydroxyl groups excluding tert-OH is 1. The van der Waals surface area contributed by atoms with Crippen molar-refractivity contribution in [2.45, 2.75) is 71.0 Å². The van der Waals surface area contributed by atoms with E-state index in [0.29, 0.717) is 12.0 Å². The Balaban J connectivity index is 2.15. The van der Waals surface area contributed by atoms with Crippen molar-refractivity contribution in [2.24, 2.45) is 0 Å². The summed E-state index contributed by atoms with van der Waals surface area (Å²) in [5.41, 5.74) is 0.450. The molecule has 0 spiro atoms. The molecule has 2 atom stereocenters.